The molecular weight excluding hydrogens is 330 g/mol. The van der Waals surface area contributed by atoms with Gasteiger partial charge in [-0.3, -0.25) is 5.32 Å². The fourth-order valence-electron chi connectivity index (χ4n) is 3.37. The number of hydrogen-bond acceptors (Lipinski definition) is 6. The minimum absolute atomic E-state index is 0.577. The molecule has 0 amide bonds. The van der Waals surface area contributed by atoms with Crippen LogP contribution >= 0.6 is 0 Å². The zero-order valence-corrected chi connectivity index (χ0v) is 17.3. The summed E-state index contributed by atoms with van der Waals surface area (Å²) in [6.45, 7) is 5.32. The van der Waals surface area contributed by atoms with Gasteiger partial charge >= 0.3 is 0 Å². The van der Waals surface area contributed by atoms with E-state index < -0.39 is 0 Å². The molecule has 5 N–H and O–H groups in total. The van der Waals surface area contributed by atoms with Gasteiger partial charge in [0.15, 0.2) is 0 Å². The second kappa shape index (κ2) is 21.1. The normalized spacial score (nSPS) is 13.8. The molecular formula is C20H45N3O3. The molecule has 0 radical (unpaired) electrons. The summed E-state index contributed by atoms with van der Waals surface area (Å²) in [5.41, 5.74) is 11.5. The molecule has 0 saturated heterocycles. The topological polar surface area (TPSA) is 91.8 Å². The van der Waals surface area contributed by atoms with Crippen LogP contribution in [0.3, 0.4) is 0 Å². The van der Waals surface area contributed by atoms with E-state index in [0.29, 0.717) is 25.2 Å². The van der Waals surface area contributed by atoms with Crippen molar-refractivity contribution < 1.29 is 14.2 Å². The van der Waals surface area contributed by atoms with Gasteiger partial charge in [0.25, 0.3) is 0 Å². The Bertz CT molecular complexity index is 245. The van der Waals surface area contributed by atoms with E-state index in [-0.39, 0.29) is 0 Å². The van der Waals surface area contributed by atoms with Crippen LogP contribution in [-0.4, -0.2) is 60.4 Å². The van der Waals surface area contributed by atoms with Gasteiger partial charge in [0, 0.05) is 27.4 Å². The lowest BCUT2D eigenvalue weighted by molar-refractivity contribution is 0.0524. The van der Waals surface area contributed by atoms with Crippen molar-refractivity contribution in [2.75, 3.05) is 60.4 Å². The molecule has 0 aliphatic heterocycles. The van der Waals surface area contributed by atoms with Crippen molar-refractivity contribution in [3.05, 3.63) is 0 Å². The molecule has 6 nitrogen and oxygen atoms in total. The van der Waals surface area contributed by atoms with Crippen LogP contribution in [0, 0.1) is 11.8 Å². The maximum Gasteiger partial charge on any atom is 0.0966 e. The van der Waals surface area contributed by atoms with E-state index in [2.05, 4.69) is 5.32 Å². The van der Waals surface area contributed by atoms with Crippen molar-refractivity contribution in [3.8, 4) is 0 Å². The summed E-state index contributed by atoms with van der Waals surface area (Å²) >= 11 is 0. The number of ether oxygens (including phenoxy) is 3. The van der Waals surface area contributed by atoms with Gasteiger partial charge in [-0.15, -0.1) is 0 Å². The molecule has 0 rings (SSSR count). The smallest absolute Gasteiger partial charge is 0.0966 e. The lowest BCUT2D eigenvalue weighted by Crippen LogP contribution is -2.27. The van der Waals surface area contributed by atoms with Crippen LogP contribution in [0.2, 0.25) is 0 Å². The molecule has 0 bridgehead atoms. The van der Waals surface area contributed by atoms with E-state index in [1.54, 1.807) is 14.2 Å². The van der Waals surface area contributed by atoms with Gasteiger partial charge in [0.1, 0.15) is 0 Å². The van der Waals surface area contributed by atoms with Gasteiger partial charge in [-0.05, 0) is 57.0 Å². The highest BCUT2D eigenvalue weighted by Crippen LogP contribution is 2.28. The van der Waals surface area contributed by atoms with Gasteiger partial charge in [-0.1, -0.05) is 25.7 Å². The number of nitrogens with two attached hydrogens (primary N) is 2. The van der Waals surface area contributed by atoms with Gasteiger partial charge in [0.05, 0.1) is 19.9 Å². The number of rotatable bonds is 21. The average Bonchev–Trinajstić information content (AvgIpc) is 2.66. The first kappa shape index (κ1) is 25.8. The Morgan fingerprint density at radius 2 is 1.35 bits per heavy atom. The summed E-state index contributed by atoms with van der Waals surface area (Å²) in [5.74, 6) is 1.26. The van der Waals surface area contributed by atoms with Crippen molar-refractivity contribution in [2.45, 2.75) is 57.8 Å². The first-order valence-corrected chi connectivity index (χ1v) is 10.5. The zero-order valence-electron chi connectivity index (χ0n) is 17.3. The molecule has 0 fully saturated rings. The van der Waals surface area contributed by atoms with Crippen LogP contribution in [0.5, 0.6) is 0 Å². The van der Waals surface area contributed by atoms with Crippen molar-refractivity contribution in [1.82, 2.24) is 5.32 Å². The van der Waals surface area contributed by atoms with E-state index >= 15 is 0 Å². The molecule has 0 saturated carbocycles. The second-order valence-corrected chi connectivity index (χ2v) is 7.09. The minimum Gasteiger partial charge on any atom is -0.385 e. The minimum atomic E-state index is 0.577. The van der Waals surface area contributed by atoms with Crippen LogP contribution in [-0.2, 0) is 14.2 Å². The lowest BCUT2D eigenvalue weighted by atomic mass is 9.82. The zero-order chi connectivity index (χ0) is 19.3. The van der Waals surface area contributed by atoms with Crippen LogP contribution < -0.4 is 16.8 Å². The second-order valence-electron chi connectivity index (χ2n) is 7.09. The Morgan fingerprint density at radius 1 is 0.731 bits per heavy atom. The van der Waals surface area contributed by atoms with Crippen LogP contribution in [0.25, 0.3) is 0 Å². The molecule has 2 unspecified atom stereocenters. The van der Waals surface area contributed by atoms with Gasteiger partial charge in [0.2, 0.25) is 0 Å². The summed E-state index contributed by atoms with van der Waals surface area (Å²) in [7, 11) is 3.48. The third-order valence-corrected chi connectivity index (χ3v) is 4.92. The number of unbranched alkanes of at least 4 members (excludes halogenated alkanes) is 3. The molecule has 0 aliphatic carbocycles. The number of hydrogen-bond donors (Lipinski definition) is 3. The highest BCUT2D eigenvalue weighted by molar-refractivity contribution is 4.72. The lowest BCUT2D eigenvalue weighted by Gasteiger charge is -2.27. The van der Waals surface area contributed by atoms with E-state index in [1.807, 2.05) is 0 Å². The number of methoxy groups -OCH3 is 2. The summed E-state index contributed by atoms with van der Waals surface area (Å²) < 4.78 is 16.1. The molecule has 158 valence electrons. The number of nitrogens with one attached hydrogen (secondary N) is 1. The fourth-order valence-corrected chi connectivity index (χ4v) is 3.37. The molecule has 0 spiro atoms. The SMILES string of the molecule is COCCCCCCC(CCCN)C(CCCN)COCNCCOC. The van der Waals surface area contributed by atoms with E-state index in [1.165, 1.54) is 32.1 Å². The summed E-state index contributed by atoms with van der Waals surface area (Å²) in [6, 6.07) is 0. The predicted molar refractivity (Wildman–Crippen MR) is 109 cm³/mol. The van der Waals surface area contributed by atoms with Crippen molar-refractivity contribution >= 4 is 0 Å². The van der Waals surface area contributed by atoms with Crippen molar-refractivity contribution in [3.63, 3.8) is 0 Å². The van der Waals surface area contributed by atoms with Crippen LogP contribution in [0.15, 0.2) is 0 Å². The van der Waals surface area contributed by atoms with Crippen LogP contribution in [0.1, 0.15) is 57.8 Å². The Hall–Kier alpha value is -0.240. The monoisotopic (exact) mass is 375 g/mol. The fraction of sp³-hybridized carbons (Fsp3) is 1.00. The predicted octanol–water partition coefficient (Wildman–Crippen LogP) is 2.50. The Kier molecular flexibility index (Phi) is 20.9. The van der Waals surface area contributed by atoms with Crippen LogP contribution in [0.4, 0.5) is 0 Å². The summed E-state index contributed by atoms with van der Waals surface area (Å²) in [6.07, 6.45) is 10.8. The first-order chi connectivity index (χ1) is 12.8. The molecule has 0 aromatic rings. The van der Waals surface area contributed by atoms with Gasteiger partial charge < -0.3 is 25.7 Å². The Morgan fingerprint density at radius 3 is 2.00 bits per heavy atom. The van der Waals surface area contributed by atoms with Gasteiger partial charge in [-0.2, -0.15) is 0 Å². The van der Waals surface area contributed by atoms with Gasteiger partial charge in [-0.25, -0.2) is 0 Å². The Balaban J connectivity index is 4.28. The third-order valence-electron chi connectivity index (χ3n) is 4.92. The summed E-state index contributed by atoms with van der Waals surface area (Å²) in [5, 5.41) is 3.25. The highest BCUT2D eigenvalue weighted by Gasteiger charge is 2.21. The maximum absolute atomic E-state index is 5.90. The quantitative estimate of drug-likeness (QED) is 0.211. The summed E-state index contributed by atoms with van der Waals surface area (Å²) in [4.78, 5) is 0. The highest BCUT2D eigenvalue weighted by atomic mass is 16.5. The largest absolute Gasteiger partial charge is 0.385 e. The molecule has 6 heteroatoms. The van der Waals surface area contributed by atoms with E-state index in [0.717, 1.165) is 58.5 Å². The van der Waals surface area contributed by atoms with Crippen molar-refractivity contribution in [1.29, 1.82) is 0 Å². The standard InChI is InChI=1S/C20H45N3O3/c1-24-15-6-4-3-5-9-19(10-7-12-21)20(11-8-13-22)17-26-18-23-14-16-25-2/h19-20,23H,3-18,21-22H2,1-2H3. The molecule has 0 aliphatic rings. The Labute approximate surface area is 161 Å². The third kappa shape index (κ3) is 16.0. The first-order valence-electron chi connectivity index (χ1n) is 10.5. The molecule has 0 heterocycles. The van der Waals surface area contributed by atoms with Crippen molar-refractivity contribution in [2.24, 2.45) is 23.3 Å². The van der Waals surface area contributed by atoms with E-state index in [9.17, 15) is 0 Å². The molecule has 0 aromatic carbocycles. The molecule has 26 heavy (non-hydrogen) atoms. The maximum atomic E-state index is 5.90. The molecule has 0 aromatic heterocycles. The van der Waals surface area contributed by atoms with E-state index in [4.69, 9.17) is 25.7 Å². The average molecular weight is 376 g/mol. The molecule has 2 atom stereocenters.